The van der Waals surface area contributed by atoms with Crippen molar-refractivity contribution >= 4 is 11.7 Å². The molecule has 1 amide bonds. The summed E-state index contributed by atoms with van der Waals surface area (Å²) in [4.78, 5) is 14.7. The number of nitrogens with zero attached hydrogens (tertiary/aromatic N) is 2. The van der Waals surface area contributed by atoms with Crippen molar-refractivity contribution in [2.45, 2.75) is 59.2 Å². The van der Waals surface area contributed by atoms with Gasteiger partial charge in [0.2, 0.25) is 5.91 Å². The summed E-state index contributed by atoms with van der Waals surface area (Å²) in [5, 5.41) is 12.1. The molecule has 116 valence electrons. The van der Waals surface area contributed by atoms with E-state index in [4.69, 9.17) is 15.7 Å². The Hall–Kier alpha value is -1.30. The molecule has 0 spiro atoms. The molecule has 1 aliphatic rings. The molecule has 1 fully saturated rings. The van der Waals surface area contributed by atoms with Gasteiger partial charge < -0.3 is 20.6 Å². The van der Waals surface area contributed by atoms with Crippen LogP contribution in [0.4, 0.5) is 0 Å². The van der Waals surface area contributed by atoms with Crippen LogP contribution in [0, 0.1) is 5.41 Å². The van der Waals surface area contributed by atoms with Crippen LogP contribution in [0.5, 0.6) is 0 Å². The number of amidine groups is 1. The summed E-state index contributed by atoms with van der Waals surface area (Å²) in [6, 6.07) is 0. The lowest BCUT2D eigenvalue weighted by molar-refractivity contribution is -0.164. The van der Waals surface area contributed by atoms with E-state index in [1.54, 1.807) is 4.90 Å². The molecular formula is C14H27N3O3. The topological polar surface area (TPSA) is 88.2 Å². The van der Waals surface area contributed by atoms with E-state index >= 15 is 0 Å². The molecule has 1 unspecified atom stereocenters. The molecule has 0 aliphatic carbocycles. The zero-order valence-corrected chi connectivity index (χ0v) is 13.1. The maximum atomic E-state index is 12.9. The first kappa shape index (κ1) is 16.8. The third-order valence-electron chi connectivity index (χ3n) is 4.07. The van der Waals surface area contributed by atoms with Crippen LogP contribution in [0.25, 0.3) is 0 Å². The first-order chi connectivity index (χ1) is 9.22. The predicted molar refractivity (Wildman–Crippen MR) is 77.6 cm³/mol. The molecule has 1 atom stereocenters. The minimum Gasteiger partial charge on any atom is -0.409 e. The van der Waals surface area contributed by atoms with E-state index in [0.717, 1.165) is 0 Å². The number of carbonyl (C=O) groups excluding carboxylic acids is 1. The summed E-state index contributed by atoms with van der Waals surface area (Å²) in [5.41, 5.74) is 4.49. The predicted octanol–water partition coefficient (Wildman–Crippen LogP) is 1.57. The van der Waals surface area contributed by atoms with Gasteiger partial charge in [0, 0.05) is 13.1 Å². The molecule has 1 heterocycles. The number of oxime groups is 1. The molecule has 6 heteroatoms. The zero-order valence-electron chi connectivity index (χ0n) is 13.1. The number of nitrogens with two attached hydrogens (primary N) is 1. The Morgan fingerprint density at radius 1 is 1.50 bits per heavy atom. The van der Waals surface area contributed by atoms with Crippen LogP contribution in [0.3, 0.4) is 0 Å². The van der Waals surface area contributed by atoms with Crippen LogP contribution in [-0.4, -0.2) is 46.6 Å². The molecule has 1 saturated heterocycles. The number of hydrogen-bond donors (Lipinski definition) is 2. The van der Waals surface area contributed by atoms with E-state index in [2.05, 4.69) is 5.16 Å². The largest absolute Gasteiger partial charge is 0.409 e. The standard InChI is InChI=1S/C14H27N3O3/c1-6-14(7-2,11(15)16-19)12(18)17-8-10(3)20-13(4,5)9-17/h10,19H,6-9H2,1-5H3,(H2,15,16). The number of morpholine rings is 1. The zero-order chi connectivity index (χ0) is 15.6. The fourth-order valence-corrected chi connectivity index (χ4v) is 3.03. The van der Waals surface area contributed by atoms with Gasteiger partial charge in [0.25, 0.3) is 0 Å². The van der Waals surface area contributed by atoms with Crippen molar-refractivity contribution in [3.05, 3.63) is 0 Å². The summed E-state index contributed by atoms with van der Waals surface area (Å²) in [5.74, 6) is -0.0922. The number of amides is 1. The SMILES string of the molecule is CCC(CC)(C(=O)N1CC(C)OC(C)(C)C1)C(N)=NO. The quantitative estimate of drug-likeness (QED) is 0.355. The van der Waals surface area contributed by atoms with Crippen LogP contribution in [0.15, 0.2) is 5.16 Å². The van der Waals surface area contributed by atoms with E-state index in [1.165, 1.54) is 0 Å². The van der Waals surface area contributed by atoms with E-state index in [9.17, 15) is 4.79 Å². The summed E-state index contributed by atoms with van der Waals surface area (Å²) >= 11 is 0. The number of carbonyl (C=O) groups is 1. The smallest absolute Gasteiger partial charge is 0.236 e. The van der Waals surface area contributed by atoms with Crippen molar-refractivity contribution < 1.29 is 14.7 Å². The van der Waals surface area contributed by atoms with Crippen LogP contribution in [-0.2, 0) is 9.53 Å². The Kier molecular flexibility index (Phi) is 5.02. The Morgan fingerprint density at radius 2 is 2.05 bits per heavy atom. The molecule has 0 bridgehead atoms. The number of rotatable bonds is 4. The van der Waals surface area contributed by atoms with E-state index in [-0.39, 0.29) is 23.4 Å². The fourth-order valence-electron chi connectivity index (χ4n) is 3.03. The molecular weight excluding hydrogens is 258 g/mol. The second kappa shape index (κ2) is 5.99. The fraction of sp³-hybridized carbons (Fsp3) is 0.857. The van der Waals surface area contributed by atoms with Gasteiger partial charge in [0.05, 0.1) is 11.7 Å². The van der Waals surface area contributed by atoms with Crippen molar-refractivity contribution in [1.29, 1.82) is 0 Å². The number of ether oxygens (including phenoxy) is 1. The van der Waals surface area contributed by atoms with Crippen molar-refractivity contribution in [2.24, 2.45) is 16.3 Å². The third kappa shape index (κ3) is 3.06. The summed E-state index contributed by atoms with van der Waals surface area (Å²) in [6.45, 7) is 10.7. The van der Waals surface area contributed by atoms with Gasteiger partial charge >= 0.3 is 0 Å². The minimum atomic E-state index is -0.929. The molecule has 1 aliphatic heterocycles. The van der Waals surface area contributed by atoms with Crippen molar-refractivity contribution in [2.75, 3.05) is 13.1 Å². The lowest BCUT2D eigenvalue weighted by Crippen LogP contribution is -2.59. The highest BCUT2D eigenvalue weighted by Crippen LogP contribution is 2.32. The van der Waals surface area contributed by atoms with E-state index in [0.29, 0.717) is 25.9 Å². The van der Waals surface area contributed by atoms with Crippen molar-refractivity contribution in [1.82, 2.24) is 4.90 Å². The number of hydrogen-bond acceptors (Lipinski definition) is 4. The highest BCUT2D eigenvalue weighted by molar-refractivity contribution is 6.06. The summed E-state index contributed by atoms with van der Waals surface area (Å²) < 4.78 is 5.82. The third-order valence-corrected chi connectivity index (χ3v) is 4.07. The van der Waals surface area contributed by atoms with Gasteiger partial charge in [0.1, 0.15) is 5.41 Å². The summed E-state index contributed by atoms with van der Waals surface area (Å²) in [7, 11) is 0. The molecule has 0 aromatic carbocycles. The maximum Gasteiger partial charge on any atom is 0.236 e. The second-order valence-corrected chi connectivity index (χ2v) is 6.15. The first-order valence-electron chi connectivity index (χ1n) is 7.17. The molecule has 0 aromatic heterocycles. The Morgan fingerprint density at radius 3 is 2.45 bits per heavy atom. The van der Waals surface area contributed by atoms with Gasteiger partial charge in [-0.1, -0.05) is 19.0 Å². The molecule has 1 rings (SSSR count). The first-order valence-corrected chi connectivity index (χ1v) is 7.17. The summed E-state index contributed by atoms with van der Waals surface area (Å²) in [6.07, 6.45) is 0.982. The van der Waals surface area contributed by atoms with Gasteiger partial charge in [-0.2, -0.15) is 0 Å². The average molecular weight is 285 g/mol. The average Bonchev–Trinajstić information content (AvgIpc) is 2.37. The van der Waals surface area contributed by atoms with Crippen LogP contribution in [0.2, 0.25) is 0 Å². The van der Waals surface area contributed by atoms with Gasteiger partial charge in [-0.05, 0) is 33.6 Å². The maximum absolute atomic E-state index is 12.9. The molecule has 6 nitrogen and oxygen atoms in total. The highest BCUT2D eigenvalue weighted by Gasteiger charge is 2.45. The van der Waals surface area contributed by atoms with Crippen molar-refractivity contribution in [3.8, 4) is 0 Å². The highest BCUT2D eigenvalue weighted by atomic mass is 16.5. The Bertz CT molecular complexity index is 389. The molecule has 0 radical (unpaired) electrons. The van der Waals surface area contributed by atoms with Gasteiger partial charge in [-0.3, -0.25) is 4.79 Å². The minimum absolute atomic E-state index is 0.00977. The normalized spacial score (nSPS) is 23.8. The lowest BCUT2D eigenvalue weighted by Gasteiger charge is -2.45. The van der Waals surface area contributed by atoms with Crippen molar-refractivity contribution in [3.63, 3.8) is 0 Å². The second-order valence-electron chi connectivity index (χ2n) is 6.15. The monoisotopic (exact) mass is 285 g/mol. The van der Waals surface area contributed by atoms with Gasteiger partial charge in [0.15, 0.2) is 5.84 Å². The molecule has 0 saturated carbocycles. The van der Waals surface area contributed by atoms with Crippen LogP contribution in [0.1, 0.15) is 47.5 Å². The lowest BCUT2D eigenvalue weighted by atomic mass is 9.79. The van der Waals surface area contributed by atoms with E-state index < -0.39 is 5.41 Å². The van der Waals surface area contributed by atoms with Crippen LogP contribution >= 0.6 is 0 Å². The molecule has 3 N–H and O–H groups in total. The van der Waals surface area contributed by atoms with Gasteiger partial charge in [-0.25, -0.2) is 0 Å². The van der Waals surface area contributed by atoms with E-state index in [1.807, 2.05) is 34.6 Å². The Balaban J connectivity index is 3.07. The molecule has 20 heavy (non-hydrogen) atoms. The van der Waals surface area contributed by atoms with Gasteiger partial charge in [-0.15, -0.1) is 0 Å². The molecule has 0 aromatic rings. The Labute approximate surface area is 120 Å². The van der Waals surface area contributed by atoms with Crippen LogP contribution < -0.4 is 5.73 Å².